The van der Waals surface area contributed by atoms with Crippen molar-refractivity contribution in [3.8, 4) is 0 Å². The third-order valence-electron chi connectivity index (χ3n) is 1.49. The number of nitrogens with one attached hydrogen (secondary N) is 1. The fourth-order valence-electron chi connectivity index (χ4n) is 0.797. The van der Waals surface area contributed by atoms with E-state index >= 15 is 0 Å². The summed E-state index contributed by atoms with van der Waals surface area (Å²) in [6.07, 6.45) is 5.34. The summed E-state index contributed by atoms with van der Waals surface area (Å²) >= 11 is 0. The summed E-state index contributed by atoms with van der Waals surface area (Å²) in [5.41, 5.74) is 6.82. The Hall–Kier alpha value is -0.0400. The van der Waals surface area contributed by atoms with Crippen LogP contribution < -0.4 is 0 Å². The minimum Gasteiger partial charge on any atom is -0.677 e. The van der Waals surface area contributed by atoms with Gasteiger partial charge in [0.2, 0.25) is 0 Å². The van der Waals surface area contributed by atoms with Gasteiger partial charge >= 0.3 is 0 Å². The van der Waals surface area contributed by atoms with Crippen molar-refractivity contribution in [1.29, 1.82) is 0 Å². The van der Waals surface area contributed by atoms with Crippen LogP contribution in [0.5, 0.6) is 0 Å². The monoisotopic (exact) mass is 98.1 g/mol. The Morgan fingerprint density at radius 2 is 2.14 bits per heavy atom. The molecule has 7 heavy (non-hydrogen) atoms. The highest BCUT2D eigenvalue weighted by molar-refractivity contribution is 4.73. The predicted molar refractivity (Wildman–Crippen MR) is 31.1 cm³/mol. The van der Waals surface area contributed by atoms with Crippen LogP contribution in [0.4, 0.5) is 0 Å². The van der Waals surface area contributed by atoms with E-state index in [0.29, 0.717) is 6.54 Å². The van der Waals surface area contributed by atoms with Crippen LogP contribution in [0.25, 0.3) is 5.73 Å². The van der Waals surface area contributed by atoms with Crippen molar-refractivity contribution < 1.29 is 0 Å². The highest BCUT2D eigenvalue weighted by atomic mass is 14.5. The summed E-state index contributed by atoms with van der Waals surface area (Å²) in [4.78, 5) is 0. The van der Waals surface area contributed by atoms with Gasteiger partial charge in [0.1, 0.15) is 0 Å². The van der Waals surface area contributed by atoms with E-state index in [1.165, 1.54) is 19.3 Å². The van der Waals surface area contributed by atoms with Crippen LogP contribution in [-0.4, -0.2) is 6.54 Å². The largest absolute Gasteiger partial charge is 0.677 e. The zero-order valence-electron chi connectivity index (χ0n) is 4.61. The minimum atomic E-state index is 0.635. The summed E-state index contributed by atoms with van der Waals surface area (Å²) in [6.45, 7) is 0.635. The van der Waals surface area contributed by atoms with Crippen molar-refractivity contribution in [3.63, 3.8) is 0 Å². The molecule has 1 N–H and O–H groups in total. The van der Waals surface area contributed by atoms with E-state index < -0.39 is 0 Å². The van der Waals surface area contributed by atoms with Gasteiger partial charge in [0.15, 0.2) is 0 Å². The first-order chi connectivity index (χ1) is 3.43. The molecule has 0 heterocycles. The van der Waals surface area contributed by atoms with E-state index in [9.17, 15) is 0 Å². The first-order valence-corrected chi connectivity index (χ1v) is 3.08. The predicted octanol–water partition coefficient (Wildman–Crippen LogP) is 2.23. The van der Waals surface area contributed by atoms with Crippen LogP contribution in [0.15, 0.2) is 0 Å². The minimum absolute atomic E-state index is 0.635. The second-order valence-electron chi connectivity index (χ2n) is 2.34. The zero-order chi connectivity index (χ0) is 5.11. The fourth-order valence-corrected chi connectivity index (χ4v) is 0.797. The van der Waals surface area contributed by atoms with Gasteiger partial charge in [-0.25, -0.2) is 0 Å². The maximum atomic E-state index is 6.82. The summed E-state index contributed by atoms with van der Waals surface area (Å²) in [7, 11) is 0. The summed E-state index contributed by atoms with van der Waals surface area (Å²) in [5, 5.41) is 0. The van der Waals surface area contributed by atoms with Gasteiger partial charge < -0.3 is 5.73 Å². The van der Waals surface area contributed by atoms with Crippen molar-refractivity contribution in [2.45, 2.75) is 25.7 Å². The molecule has 0 aromatic carbocycles. The second-order valence-corrected chi connectivity index (χ2v) is 2.34. The number of hydrogen-bond acceptors (Lipinski definition) is 0. The van der Waals surface area contributed by atoms with Crippen LogP contribution >= 0.6 is 0 Å². The Kier molecular flexibility index (Phi) is 1.69. The molecule has 0 saturated heterocycles. The molecule has 42 valence electrons. The van der Waals surface area contributed by atoms with Gasteiger partial charge in [0, 0.05) is 0 Å². The molecule has 0 spiro atoms. The summed E-state index contributed by atoms with van der Waals surface area (Å²) in [5.74, 6) is 1.03. The molecular weight excluding hydrogens is 86.1 g/mol. The van der Waals surface area contributed by atoms with Crippen LogP contribution in [0, 0.1) is 5.92 Å². The highest BCUT2D eigenvalue weighted by Crippen LogP contribution is 2.33. The first kappa shape index (κ1) is 5.10. The molecule has 0 aromatic rings. The molecule has 1 fully saturated rings. The quantitative estimate of drug-likeness (QED) is 0.517. The molecule has 0 unspecified atom stereocenters. The van der Waals surface area contributed by atoms with E-state index in [-0.39, 0.29) is 0 Å². The van der Waals surface area contributed by atoms with Crippen molar-refractivity contribution in [2.24, 2.45) is 5.92 Å². The van der Waals surface area contributed by atoms with Crippen molar-refractivity contribution in [1.82, 2.24) is 0 Å². The molecule has 1 nitrogen and oxygen atoms in total. The van der Waals surface area contributed by atoms with Crippen LogP contribution in [0.3, 0.4) is 0 Å². The summed E-state index contributed by atoms with van der Waals surface area (Å²) < 4.78 is 0. The average Bonchev–Trinajstić information content (AvgIpc) is 2.42. The van der Waals surface area contributed by atoms with Gasteiger partial charge in [-0.05, 0) is 5.92 Å². The molecule has 1 rings (SSSR count). The van der Waals surface area contributed by atoms with Crippen LogP contribution in [0.2, 0.25) is 0 Å². The molecule has 0 amide bonds. The van der Waals surface area contributed by atoms with E-state index in [0.717, 1.165) is 12.3 Å². The molecule has 0 aromatic heterocycles. The van der Waals surface area contributed by atoms with Crippen molar-refractivity contribution in [2.75, 3.05) is 6.54 Å². The molecule has 0 aliphatic heterocycles. The Labute approximate surface area is 44.9 Å². The number of hydrogen-bond donors (Lipinski definition) is 0. The maximum Gasteiger partial charge on any atom is -0.0415 e. The SMILES string of the molecule is [NH-]CCCC1CC1. The van der Waals surface area contributed by atoms with Gasteiger partial charge in [0.25, 0.3) is 0 Å². The van der Waals surface area contributed by atoms with Gasteiger partial charge in [-0.3, -0.25) is 0 Å². The van der Waals surface area contributed by atoms with E-state index in [2.05, 4.69) is 0 Å². The fraction of sp³-hybridized carbons (Fsp3) is 1.00. The Morgan fingerprint density at radius 1 is 1.43 bits per heavy atom. The zero-order valence-corrected chi connectivity index (χ0v) is 4.61. The molecule has 1 aliphatic carbocycles. The van der Waals surface area contributed by atoms with Crippen LogP contribution in [-0.2, 0) is 0 Å². The lowest BCUT2D eigenvalue weighted by molar-refractivity contribution is 0.699. The van der Waals surface area contributed by atoms with Crippen LogP contribution in [0.1, 0.15) is 25.7 Å². The highest BCUT2D eigenvalue weighted by Gasteiger charge is 2.18. The molecule has 1 saturated carbocycles. The smallest absolute Gasteiger partial charge is 0.0415 e. The third-order valence-corrected chi connectivity index (χ3v) is 1.49. The molecule has 0 radical (unpaired) electrons. The Balaban J connectivity index is 1.80. The lowest BCUT2D eigenvalue weighted by Crippen LogP contribution is -1.77. The van der Waals surface area contributed by atoms with E-state index in [1.54, 1.807) is 0 Å². The normalized spacial score (nSPS) is 20.1. The molecule has 1 heteroatoms. The summed E-state index contributed by atoms with van der Waals surface area (Å²) in [6, 6.07) is 0. The average molecular weight is 98.2 g/mol. The Bertz CT molecular complexity index is 48.1. The van der Waals surface area contributed by atoms with Gasteiger partial charge in [-0.15, -0.1) is 0 Å². The molecular formula is C6H12N-. The first-order valence-electron chi connectivity index (χ1n) is 3.08. The van der Waals surface area contributed by atoms with Gasteiger partial charge in [-0.2, -0.15) is 6.54 Å². The molecule has 0 atom stereocenters. The molecule has 0 bridgehead atoms. The lowest BCUT2D eigenvalue weighted by Gasteiger charge is -1.96. The van der Waals surface area contributed by atoms with Crippen molar-refractivity contribution >= 4 is 0 Å². The van der Waals surface area contributed by atoms with Gasteiger partial charge in [0.05, 0.1) is 0 Å². The Morgan fingerprint density at radius 3 is 2.57 bits per heavy atom. The van der Waals surface area contributed by atoms with Crippen molar-refractivity contribution in [3.05, 3.63) is 5.73 Å². The van der Waals surface area contributed by atoms with E-state index in [1.807, 2.05) is 0 Å². The standard InChI is InChI=1S/C6H12N/c7-5-1-2-6-3-4-6/h6-7H,1-5H2/q-1. The molecule has 1 aliphatic rings. The third kappa shape index (κ3) is 1.93. The maximum absolute atomic E-state index is 6.82. The lowest BCUT2D eigenvalue weighted by atomic mass is 10.2. The van der Waals surface area contributed by atoms with Gasteiger partial charge in [-0.1, -0.05) is 25.7 Å². The number of rotatable bonds is 3. The topological polar surface area (TPSA) is 23.8 Å². The van der Waals surface area contributed by atoms with E-state index in [4.69, 9.17) is 5.73 Å². The second kappa shape index (κ2) is 2.31.